The van der Waals surface area contributed by atoms with Gasteiger partial charge in [-0.1, -0.05) is 12.1 Å². The van der Waals surface area contributed by atoms with Gasteiger partial charge in [-0.05, 0) is 56.8 Å². The van der Waals surface area contributed by atoms with Crippen LogP contribution in [-0.4, -0.2) is 47.8 Å². The number of hydrogen-bond donors (Lipinski definition) is 0. The van der Waals surface area contributed by atoms with Gasteiger partial charge in [0.15, 0.2) is 5.43 Å². The molecule has 2 aromatic carbocycles. The van der Waals surface area contributed by atoms with Gasteiger partial charge in [0.2, 0.25) is 5.76 Å². The number of rotatable bonds is 5. The quantitative estimate of drug-likeness (QED) is 0.463. The maximum atomic E-state index is 13.5. The van der Waals surface area contributed by atoms with Gasteiger partial charge in [0.1, 0.15) is 5.58 Å². The van der Waals surface area contributed by atoms with Crippen molar-refractivity contribution in [2.45, 2.75) is 19.9 Å². The van der Waals surface area contributed by atoms with E-state index in [2.05, 4.69) is 0 Å². The van der Waals surface area contributed by atoms with E-state index < -0.39 is 11.0 Å². The molecule has 4 rings (SSSR count). The minimum atomic E-state index is -0.746. The monoisotopic (exact) mass is 421 g/mol. The number of carbonyl (C=O) groups excluding carboxylic acids is 1. The zero-order valence-electron chi connectivity index (χ0n) is 17.8. The lowest BCUT2D eigenvalue weighted by atomic mass is 9.97. The molecule has 0 fully saturated rings. The number of nitrogens with zero attached hydrogens (tertiary/aromatic N) is 3. The summed E-state index contributed by atoms with van der Waals surface area (Å²) in [6.07, 6.45) is 0. The number of amides is 1. The van der Waals surface area contributed by atoms with Gasteiger partial charge in [0, 0.05) is 25.2 Å². The van der Waals surface area contributed by atoms with Crippen molar-refractivity contribution in [3.63, 3.8) is 0 Å². The summed E-state index contributed by atoms with van der Waals surface area (Å²) in [7, 11) is 3.78. The Morgan fingerprint density at radius 1 is 1.13 bits per heavy atom. The molecule has 0 unspecified atom stereocenters. The number of nitro groups is 1. The Morgan fingerprint density at radius 3 is 2.52 bits per heavy atom. The summed E-state index contributed by atoms with van der Waals surface area (Å²) in [6, 6.07) is 8.87. The number of fused-ring (bicyclic) bond motifs is 2. The molecule has 1 aliphatic heterocycles. The summed E-state index contributed by atoms with van der Waals surface area (Å²) in [5.41, 5.74) is 2.64. The molecule has 8 heteroatoms. The number of likely N-dealkylation sites (N-methyl/N-ethyl adjacent to an activating group) is 1. The van der Waals surface area contributed by atoms with E-state index in [0.29, 0.717) is 29.6 Å². The molecule has 0 radical (unpaired) electrons. The minimum absolute atomic E-state index is 0.0102. The number of hydrogen-bond acceptors (Lipinski definition) is 6. The van der Waals surface area contributed by atoms with Gasteiger partial charge < -0.3 is 14.2 Å². The Morgan fingerprint density at radius 2 is 1.84 bits per heavy atom. The molecular formula is C23H23N3O5. The van der Waals surface area contributed by atoms with Crippen molar-refractivity contribution in [3.05, 3.63) is 84.7 Å². The third-order valence-electron chi connectivity index (χ3n) is 5.77. The van der Waals surface area contributed by atoms with Crippen LogP contribution in [-0.2, 0) is 0 Å². The Hall–Kier alpha value is -3.52. The lowest BCUT2D eigenvalue weighted by Crippen LogP contribution is -2.35. The van der Waals surface area contributed by atoms with E-state index in [9.17, 15) is 19.7 Å². The molecular weight excluding hydrogens is 398 g/mol. The van der Waals surface area contributed by atoms with Gasteiger partial charge in [-0.2, -0.15) is 0 Å². The second-order valence-corrected chi connectivity index (χ2v) is 8.16. The van der Waals surface area contributed by atoms with Gasteiger partial charge in [-0.3, -0.25) is 19.7 Å². The van der Waals surface area contributed by atoms with Crippen molar-refractivity contribution in [2.24, 2.45) is 0 Å². The highest BCUT2D eigenvalue weighted by Gasteiger charge is 2.42. The van der Waals surface area contributed by atoms with Gasteiger partial charge in [0.25, 0.3) is 11.6 Å². The Balaban J connectivity index is 1.97. The first-order chi connectivity index (χ1) is 14.7. The molecule has 0 N–H and O–H groups in total. The highest BCUT2D eigenvalue weighted by Crippen LogP contribution is 2.39. The highest BCUT2D eigenvalue weighted by molar-refractivity contribution is 5.99. The van der Waals surface area contributed by atoms with Crippen LogP contribution in [0.25, 0.3) is 11.0 Å². The number of non-ortho nitro benzene ring substituents is 1. The average Bonchev–Trinajstić information content (AvgIpc) is 3.00. The summed E-state index contributed by atoms with van der Waals surface area (Å²) in [5.74, 6) is -0.374. The van der Waals surface area contributed by atoms with E-state index in [1.165, 1.54) is 12.1 Å². The van der Waals surface area contributed by atoms with E-state index in [1.807, 2.05) is 32.8 Å². The van der Waals surface area contributed by atoms with Gasteiger partial charge in [0.05, 0.1) is 21.9 Å². The minimum Gasteiger partial charge on any atom is -0.450 e. The average molecular weight is 421 g/mol. The van der Waals surface area contributed by atoms with Crippen LogP contribution in [0, 0.1) is 24.0 Å². The van der Waals surface area contributed by atoms with Crippen molar-refractivity contribution in [2.75, 3.05) is 27.2 Å². The topological polar surface area (TPSA) is 96.9 Å². The fraction of sp³-hybridized carbons (Fsp3) is 0.304. The van der Waals surface area contributed by atoms with Gasteiger partial charge in [-0.15, -0.1) is 0 Å². The smallest absolute Gasteiger partial charge is 0.290 e. The summed E-state index contributed by atoms with van der Waals surface area (Å²) >= 11 is 0. The molecule has 31 heavy (non-hydrogen) atoms. The SMILES string of the molecule is Cc1cc2oc3c(c(=O)c2cc1C)[C@@H](c1cccc([N+](=O)[O-])c1)N(CCN(C)C)C3=O. The Kier molecular flexibility index (Phi) is 5.10. The van der Waals surface area contributed by atoms with E-state index >= 15 is 0 Å². The number of benzene rings is 2. The van der Waals surface area contributed by atoms with Crippen molar-refractivity contribution < 1.29 is 14.1 Å². The maximum absolute atomic E-state index is 13.5. The van der Waals surface area contributed by atoms with Crippen LogP contribution in [0.3, 0.4) is 0 Å². The lowest BCUT2D eigenvalue weighted by Gasteiger charge is -2.26. The molecule has 2 heterocycles. The molecule has 0 saturated heterocycles. The molecule has 0 spiro atoms. The molecule has 0 bridgehead atoms. The zero-order valence-corrected chi connectivity index (χ0v) is 17.8. The van der Waals surface area contributed by atoms with Crippen LogP contribution in [0.5, 0.6) is 0 Å². The number of aryl methyl sites for hydroxylation is 2. The van der Waals surface area contributed by atoms with Gasteiger partial charge >= 0.3 is 0 Å². The van der Waals surface area contributed by atoms with Crippen molar-refractivity contribution in [1.82, 2.24) is 9.80 Å². The molecule has 1 aliphatic rings. The second kappa shape index (κ2) is 7.63. The van der Waals surface area contributed by atoms with Gasteiger partial charge in [-0.25, -0.2) is 0 Å². The number of nitro benzene ring substituents is 1. The molecule has 0 aliphatic carbocycles. The zero-order chi connectivity index (χ0) is 22.4. The van der Waals surface area contributed by atoms with Crippen molar-refractivity contribution in [1.29, 1.82) is 0 Å². The second-order valence-electron chi connectivity index (χ2n) is 8.16. The van der Waals surface area contributed by atoms with E-state index in [4.69, 9.17) is 4.42 Å². The first-order valence-corrected chi connectivity index (χ1v) is 9.97. The molecule has 1 atom stereocenters. The first-order valence-electron chi connectivity index (χ1n) is 9.97. The molecule has 3 aromatic rings. The molecule has 0 saturated carbocycles. The maximum Gasteiger partial charge on any atom is 0.290 e. The lowest BCUT2D eigenvalue weighted by molar-refractivity contribution is -0.384. The molecule has 160 valence electrons. The fourth-order valence-electron chi connectivity index (χ4n) is 3.97. The normalized spacial score (nSPS) is 15.7. The van der Waals surface area contributed by atoms with Crippen molar-refractivity contribution in [3.8, 4) is 0 Å². The Labute approximate surface area is 178 Å². The third-order valence-corrected chi connectivity index (χ3v) is 5.77. The molecule has 1 amide bonds. The summed E-state index contributed by atoms with van der Waals surface area (Å²) in [4.78, 5) is 41.2. The van der Waals surface area contributed by atoms with E-state index in [0.717, 1.165) is 11.1 Å². The molecule has 8 nitrogen and oxygen atoms in total. The summed E-state index contributed by atoms with van der Waals surface area (Å²) in [6.45, 7) is 4.74. The Bertz CT molecular complexity index is 1280. The fourth-order valence-corrected chi connectivity index (χ4v) is 3.97. The summed E-state index contributed by atoms with van der Waals surface area (Å²) in [5, 5.41) is 11.7. The third kappa shape index (κ3) is 3.48. The van der Waals surface area contributed by atoms with Crippen molar-refractivity contribution >= 4 is 22.6 Å². The molecule has 1 aromatic heterocycles. The van der Waals surface area contributed by atoms with E-state index in [-0.39, 0.29) is 28.3 Å². The summed E-state index contributed by atoms with van der Waals surface area (Å²) < 4.78 is 5.96. The first kappa shape index (κ1) is 20.7. The van der Waals surface area contributed by atoms with Crippen LogP contribution in [0.15, 0.2) is 45.6 Å². The van der Waals surface area contributed by atoms with E-state index in [1.54, 1.807) is 29.2 Å². The standard InChI is InChI=1S/C23H23N3O5/c1-13-10-17-18(11-14(13)2)31-22-19(21(17)27)20(25(23(22)28)9-8-24(3)4)15-6-5-7-16(12-15)26(29)30/h5-7,10-12,20H,8-9H2,1-4H3/t20-/m1/s1. The predicted octanol–water partition coefficient (Wildman–Crippen LogP) is 3.42. The van der Waals surface area contributed by atoms with Crippen LogP contribution in [0.2, 0.25) is 0 Å². The van der Waals surface area contributed by atoms with Crippen LogP contribution >= 0.6 is 0 Å². The van der Waals surface area contributed by atoms with Crippen LogP contribution in [0.1, 0.15) is 38.9 Å². The predicted molar refractivity (Wildman–Crippen MR) is 116 cm³/mol. The van der Waals surface area contributed by atoms with Crippen LogP contribution < -0.4 is 5.43 Å². The largest absolute Gasteiger partial charge is 0.450 e. The number of carbonyl (C=O) groups is 1. The highest BCUT2D eigenvalue weighted by atomic mass is 16.6. The van der Waals surface area contributed by atoms with Crippen LogP contribution in [0.4, 0.5) is 5.69 Å².